The van der Waals surface area contributed by atoms with Gasteiger partial charge in [0.2, 0.25) is 5.78 Å². The summed E-state index contributed by atoms with van der Waals surface area (Å²) in [5, 5.41) is 44.7. The van der Waals surface area contributed by atoms with Crippen LogP contribution in [-0.2, 0) is 20.7 Å². The highest BCUT2D eigenvalue weighted by atomic mass is 79.9. The number of nitrogens with two attached hydrogens (primary N) is 1. The fraction of sp³-hybridized carbons (Fsp3) is 0.444. The molecule has 0 aromatic heterocycles. The number of halogens is 2. The molecule has 214 valence electrons. The highest BCUT2D eigenvalue weighted by Gasteiger charge is 2.51. The number of ketones is 3. The third kappa shape index (κ3) is 4.48. The molecule has 3 aliphatic rings. The van der Waals surface area contributed by atoms with E-state index in [9.17, 15) is 34.8 Å². The minimum absolute atomic E-state index is 0.0282. The second-order valence-electron chi connectivity index (χ2n) is 10.2. The molecule has 0 radical (unpaired) electrons. The van der Waals surface area contributed by atoms with Gasteiger partial charge >= 0.3 is 0 Å². The summed E-state index contributed by atoms with van der Waals surface area (Å²) in [5.41, 5.74) is 2.77. The van der Waals surface area contributed by atoms with E-state index in [0.29, 0.717) is 0 Å². The van der Waals surface area contributed by atoms with Crippen molar-refractivity contribution in [3.63, 3.8) is 0 Å². The molecule has 1 saturated heterocycles. The van der Waals surface area contributed by atoms with Gasteiger partial charge in [-0.2, -0.15) is 0 Å². The Hall–Kier alpha value is -2.39. The standard InChI is InChI=1S/C27H27Br2NO10/c1-9-20(31)12(30)6-15(39-9)40-14-8-27(37,25(36)26(28)29)7-11-17(14)24(35)19-18(22(11)33)21(32)10-4-3-5-13(38-2)16(10)23(19)34/h3-5,9,12,14-15,20,26,31,33,35,37H,6-8,30H2,1-2H3/t9-,12-,14-,15-,20+,27-/m0/s1. The molecule has 2 aromatic rings. The molecule has 0 unspecified atom stereocenters. The van der Waals surface area contributed by atoms with Crippen LogP contribution >= 0.6 is 31.9 Å². The zero-order chi connectivity index (χ0) is 29.3. The van der Waals surface area contributed by atoms with Gasteiger partial charge in [-0.05, 0) is 13.0 Å². The summed E-state index contributed by atoms with van der Waals surface area (Å²) in [7, 11) is 1.34. The Bertz CT molecular complexity index is 1420. The Morgan fingerprint density at radius 2 is 1.82 bits per heavy atom. The fourth-order valence-corrected chi connectivity index (χ4v) is 6.63. The average molecular weight is 685 g/mol. The number of alkyl halides is 2. The Morgan fingerprint density at radius 3 is 2.45 bits per heavy atom. The van der Waals surface area contributed by atoms with Crippen LogP contribution in [0.15, 0.2) is 18.2 Å². The average Bonchev–Trinajstić information content (AvgIpc) is 2.90. The molecular formula is C27H27Br2NO10. The number of hydrogen-bond acceptors (Lipinski definition) is 11. The number of ether oxygens (including phenoxy) is 3. The number of hydrogen-bond donors (Lipinski definition) is 5. The van der Waals surface area contributed by atoms with Crippen LogP contribution in [0.3, 0.4) is 0 Å². The quantitative estimate of drug-likeness (QED) is 0.196. The van der Waals surface area contributed by atoms with Gasteiger partial charge in [-0.25, -0.2) is 0 Å². The lowest BCUT2D eigenvalue weighted by atomic mass is 9.72. The molecule has 0 amide bonds. The highest BCUT2D eigenvalue weighted by Crippen LogP contribution is 2.53. The molecule has 6 N–H and O–H groups in total. The SMILES string of the molecule is COc1cccc2c1C(=O)c1c(O)c3c(c(O)c1C2=O)C[C@@](O)(C(=O)C(Br)Br)C[C@@H]3O[C@H]1C[C@H](N)[C@H](O)[C@H](C)O1. The highest BCUT2D eigenvalue weighted by molar-refractivity contribution is 9.25. The van der Waals surface area contributed by atoms with Crippen molar-refractivity contribution in [2.24, 2.45) is 5.73 Å². The third-order valence-electron chi connectivity index (χ3n) is 7.80. The van der Waals surface area contributed by atoms with Crippen molar-refractivity contribution in [3.05, 3.63) is 51.6 Å². The normalized spacial score (nSPS) is 29.6. The van der Waals surface area contributed by atoms with Crippen molar-refractivity contribution in [1.29, 1.82) is 0 Å². The molecule has 6 atom stereocenters. The lowest BCUT2D eigenvalue weighted by Crippen LogP contribution is -2.53. The number of carbonyl (C=O) groups excluding carboxylic acids is 3. The smallest absolute Gasteiger partial charge is 0.202 e. The third-order valence-corrected chi connectivity index (χ3v) is 8.63. The van der Waals surface area contributed by atoms with Crippen LogP contribution in [0, 0.1) is 0 Å². The molecule has 1 aliphatic heterocycles. The van der Waals surface area contributed by atoms with Gasteiger partial charge in [-0.15, -0.1) is 0 Å². The first-order valence-corrected chi connectivity index (χ1v) is 14.3. The van der Waals surface area contributed by atoms with Crippen LogP contribution in [0.25, 0.3) is 0 Å². The summed E-state index contributed by atoms with van der Waals surface area (Å²) in [6.07, 6.45) is -4.79. The molecular weight excluding hydrogens is 658 g/mol. The summed E-state index contributed by atoms with van der Waals surface area (Å²) in [5.74, 6) is -3.34. The van der Waals surface area contributed by atoms with Gasteiger partial charge in [0.15, 0.2) is 17.9 Å². The molecule has 0 spiro atoms. The number of aliphatic hydroxyl groups excluding tert-OH is 1. The van der Waals surface area contributed by atoms with E-state index in [2.05, 4.69) is 31.9 Å². The summed E-state index contributed by atoms with van der Waals surface area (Å²) in [4.78, 5) is 40.4. The van der Waals surface area contributed by atoms with Crippen molar-refractivity contribution < 1.29 is 49.0 Å². The maximum absolute atomic E-state index is 13.7. The zero-order valence-corrected chi connectivity index (χ0v) is 24.6. The van der Waals surface area contributed by atoms with Crippen LogP contribution in [-0.4, -0.2) is 78.8 Å². The monoisotopic (exact) mass is 683 g/mol. The van der Waals surface area contributed by atoms with E-state index in [-0.39, 0.29) is 40.8 Å². The van der Waals surface area contributed by atoms with E-state index in [0.717, 1.165) is 0 Å². The summed E-state index contributed by atoms with van der Waals surface area (Å²) >= 11 is 6.22. The number of rotatable bonds is 5. The maximum Gasteiger partial charge on any atom is 0.202 e. The van der Waals surface area contributed by atoms with Crippen LogP contribution < -0.4 is 10.5 Å². The Labute approximate surface area is 245 Å². The van der Waals surface area contributed by atoms with E-state index in [1.54, 1.807) is 6.92 Å². The van der Waals surface area contributed by atoms with E-state index in [4.69, 9.17) is 19.9 Å². The molecule has 1 fully saturated rings. The lowest BCUT2D eigenvalue weighted by Gasteiger charge is -2.42. The molecule has 2 aromatic carbocycles. The van der Waals surface area contributed by atoms with Crippen molar-refractivity contribution in [2.75, 3.05) is 7.11 Å². The van der Waals surface area contributed by atoms with E-state index in [1.807, 2.05) is 0 Å². The lowest BCUT2D eigenvalue weighted by molar-refractivity contribution is -0.247. The largest absolute Gasteiger partial charge is 0.507 e. The predicted molar refractivity (Wildman–Crippen MR) is 146 cm³/mol. The minimum Gasteiger partial charge on any atom is -0.507 e. The molecule has 0 saturated carbocycles. The number of Topliss-reactive ketones (excluding diaryl/α,β-unsaturated/α-hetero) is 1. The van der Waals surface area contributed by atoms with Crippen molar-refractivity contribution >= 4 is 49.2 Å². The maximum atomic E-state index is 13.7. The predicted octanol–water partition coefficient (Wildman–Crippen LogP) is 2.12. The van der Waals surface area contributed by atoms with Gasteiger partial charge < -0.3 is 40.4 Å². The van der Waals surface area contributed by atoms with Crippen LogP contribution in [0.1, 0.15) is 68.8 Å². The van der Waals surface area contributed by atoms with E-state index >= 15 is 0 Å². The number of phenols is 2. The Morgan fingerprint density at radius 1 is 1.15 bits per heavy atom. The van der Waals surface area contributed by atoms with Gasteiger partial charge in [-0.3, -0.25) is 14.4 Å². The Kier molecular flexibility index (Phi) is 7.62. The van der Waals surface area contributed by atoms with Crippen LogP contribution in [0.5, 0.6) is 17.2 Å². The van der Waals surface area contributed by atoms with Gasteiger partial charge in [0, 0.05) is 42.0 Å². The number of benzene rings is 2. The summed E-state index contributed by atoms with van der Waals surface area (Å²) < 4.78 is 16.2. The van der Waals surface area contributed by atoms with E-state index in [1.165, 1.54) is 25.3 Å². The van der Waals surface area contributed by atoms with Gasteiger partial charge in [0.05, 0.1) is 42.1 Å². The van der Waals surface area contributed by atoms with Crippen LogP contribution in [0.2, 0.25) is 0 Å². The van der Waals surface area contributed by atoms with Crippen molar-refractivity contribution in [1.82, 2.24) is 0 Å². The van der Waals surface area contributed by atoms with Gasteiger partial charge in [-0.1, -0.05) is 44.0 Å². The second-order valence-corrected chi connectivity index (χ2v) is 13.3. The van der Waals surface area contributed by atoms with Crippen LogP contribution in [0.4, 0.5) is 0 Å². The van der Waals surface area contributed by atoms with E-state index < -0.39 is 86.4 Å². The number of phenolic OH excluding ortho intramolecular Hbond substituents is 2. The molecule has 5 rings (SSSR count). The topological polar surface area (TPSA) is 186 Å². The molecule has 0 bridgehead atoms. The summed E-state index contributed by atoms with van der Waals surface area (Å²) in [6.45, 7) is 1.60. The van der Waals surface area contributed by atoms with Crippen molar-refractivity contribution in [2.45, 2.75) is 66.2 Å². The second kappa shape index (κ2) is 10.5. The van der Waals surface area contributed by atoms with Gasteiger partial charge in [0.1, 0.15) is 26.6 Å². The molecule has 1 heterocycles. The first-order valence-electron chi connectivity index (χ1n) is 12.5. The first kappa shape index (κ1) is 29.1. The zero-order valence-electron chi connectivity index (χ0n) is 21.4. The molecule has 40 heavy (non-hydrogen) atoms. The number of methoxy groups -OCH3 is 1. The minimum atomic E-state index is -2.11. The van der Waals surface area contributed by atoms with Crippen molar-refractivity contribution in [3.8, 4) is 17.2 Å². The van der Waals surface area contributed by atoms with Gasteiger partial charge in [0.25, 0.3) is 0 Å². The number of aromatic hydroxyl groups is 2. The number of aliphatic hydroxyl groups is 2. The molecule has 11 nitrogen and oxygen atoms in total. The fourth-order valence-electron chi connectivity index (χ4n) is 5.78. The first-order chi connectivity index (χ1) is 18.8. The Balaban J connectivity index is 1.69. The number of fused-ring (bicyclic) bond motifs is 3. The molecule has 2 aliphatic carbocycles. The summed E-state index contributed by atoms with van der Waals surface area (Å²) in [6, 6.07) is 3.71. The number of carbonyl (C=O) groups is 3. The molecule has 13 heteroatoms.